The van der Waals surface area contributed by atoms with Crippen LogP contribution in [0.3, 0.4) is 0 Å². The molecule has 3 N–H and O–H groups in total. The molecule has 142 valence electrons. The molecule has 0 spiro atoms. The Morgan fingerprint density at radius 1 is 1.26 bits per heavy atom. The van der Waals surface area contributed by atoms with Gasteiger partial charge in [0.05, 0.1) is 5.39 Å². The lowest BCUT2D eigenvalue weighted by Gasteiger charge is -2.30. The maximum absolute atomic E-state index is 12.0. The van der Waals surface area contributed by atoms with Crippen LogP contribution in [0.4, 0.5) is 5.82 Å². The number of hydrogen-bond donors (Lipinski definition) is 3. The van der Waals surface area contributed by atoms with Gasteiger partial charge >= 0.3 is 7.60 Å². The molecule has 1 aliphatic carbocycles. The van der Waals surface area contributed by atoms with E-state index in [1.807, 2.05) is 13.0 Å². The van der Waals surface area contributed by atoms with Crippen LogP contribution >= 0.6 is 18.9 Å². The Bertz CT molecular complexity index is 995. The number of nitrogens with zero attached hydrogens (tertiary/aromatic N) is 2. The monoisotopic (exact) mass is 403 g/mol. The Kier molecular flexibility index (Phi) is 5.03. The summed E-state index contributed by atoms with van der Waals surface area (Å²) in [5.74, 6) is -0.0519. The number of aryl methyl sites for hydroxylation is 1. The molecule has 2 heterocycles. The first-order valence-electron chi connectivity index (χ1n) is 9.03. The zero-order valence-corrected chi connectivity index (χ0v) is 16.7. The fourth-order valence-corrected chi connectivity index (χ4v) is 5.18. The molecule has 0 bridgehead atoms. The second-order valence-electron chi connectivity index (χ2n) is 7.20. The highest BCUT2D eigenvalue weighted by molar-refractivity contribution is 7.52. The third kappa shape index (κ3) is 4.06. The van der Waals surface area contributed by atoms with E-state index < -0.39 is 13.4 Å². The summed E-state index contributed by atoms with van der Waals surface area (Å²) in [6.45, 7) is 2.05. The topological polar surface area (TPSA) is 95.3 Å². The van der Waals surface area contributed by atoms with E-state index in [0.717, 1.165) is 39.9 Å². The number of benzene rings is 1. The number of hydrogen-bond acceptors (Lipinski definition) is 5. The zero-order chi connectivity index (χ0) is 19.0. The fourth-order valence-electron chi connectivity index (χ4n) is 3.31. The maximum atomic E-state index is 12.0. The van der Waals surface area contributed by atoms with E-state index in [9.17, 15) is 14.4 Å². The number of fused-ring (bicyclic) bond motifs is 1. The molecule has 1 saturated carbocycles. The van der Waals surface area contributed by atoms with E-state index in [-0.39, 0.29) is 0 Å². The van der Waals surface area contributed by atoms with E-state index >= 15 is 0 Å². The van der Waals surface area contributed by atoms with E-state index in [2.05, 4.69) is 39.6 Å². The molecule has 4 rings (SSSR count). The van der Waals surface area contributed by atoms with Gasteiger partial charge in [0.25, 0.3) is 0 Å². The van der Waals surface area contributed by atoms with Crippen LogP contribution < -0.4 is 5.32 Å². The minimum absolute atomic E-state index is 0.373. The molecule has 1 aromatic carbocycles. The molecule has 0 radical (unpaired) electrons. The van der Waals surface area contributed by atoms with Gasteiger partial charge in [-0.15, -0.1) is 11.3 Å². The average Bonchev–Trinajstić information content (AvgIpc) is 3.01. The molecule has 0 saturated heterocycles. The van der Waals surface area contributed by atoms with Crippen LogP contribution in [0.2, 0.25) is 0 Å². The summed E-state index contributed by atoms with van der Waals surface area (Å²) in [6, 6.07) is 10.2. The lowest BCUT2D eigenvalue weighted by Crippen LogP contribution is -2.26. The molecule has 27 heavy (non-hydrogen) atoms. The third-order valence-corrected chi connectivity index (χ3v) is 7.40. The minimum Gasteiger partial charge on any atom is -0.356 e. The van der Waals surface area contributed by atoms with Crippen molar-refractivity contribution in [3.8, 4) is 10.4 Å². The standard InChI is InChI=1S/C19H22N3O3PS/c1-12-5-7-14(8-6-12)16-10-15-18(20-11-21-19(15)27-16)22-17(26(23,24)25)9-13-3-2-4-13/h5-8,10-11,13,17H,2-4,9H2,1H3,(H,20,21,22)(H2,23,24,25). The fraction of sp³-hybridized carbons (Fsp3) is 0.368. The molecule has 3 aromatic rings. The Hall–Kier alpha value is -1.79. The molecular formula is C19H22N3O3PS. The first kappa shape index (κ1) is 18.6. The third-order valence-electron chi connectivity index (χ3n) is 5.16. The van der Waals surface area contributed by atoms with Gasteiger partial charge in [0.2, 0.25) is 0 Å². The van der Waals surface area contributed by atoms with E-state index in [0.29, 0.717) is 18.2 Å². The van der Waals surface area contributed by atoms with Gasteiger partial charge in [-0.25, -0.2) is 9.97 Å². The Morgan fingerprint density at radius 3 is 2.63 bits per heavy atom. The summed E-state index contributed by atoms with van der Waals surface area (Å²) in [4.78, 5) is 30.1. The second-order valence-corrected chi connectivity index (χ2v) is 10.0. The van der Waals surface area contributed by atoms with Crippen molar-refractivity contribution >= 4 is 35.0 Å². The van der Waals surface area contributed by atoms with Crippen LogP contribution in [0.5, 0.6) is 0 Å². The molecule has 1 unspecified atom stereocenters. The number of aromatic nitrogens is 2. The van der Waals surface area contributed by atoms with Gasteiger partial charge in [-0.1, -0.05) is 49.1 Å². The van der Waals surface area contributed by atoms with Crippen molar-refractivity contribution in [3.05, 3.63) is 42.2 Å². The van der Waals surface area contributed by atoms with E-state index in [1.54, 1.807) is 11.3 Å². The van der Waals surface area contributed by atoms with Crippen molar-refractivity contribution in [1.82, 2.24) is 9.97 Å². The summed E-state index contributed by atoms with van der Waals surface area (Å²) in [7, 11) is -4.28. The van der Waals surface area contributed by atoms with Crippen LogP contribution in [0.25, 0.3) is 20.7 Å². The van der Waals surface area contributed by atoms with Crippen LogP contribution in [0.1, 0.15) is 31.2 Å². The maximum Gasteiger partial charge on any atom is 0.347 e. The molecule has 1 atom stereocenters. The molecule has 6 nitrogen and oxygen atoms in total. The Labute approximate surface area is 161 Å². The van der Waals surface area contributed by atoms with Crippen molar-refractivity contribution < 1.29 is 14.4 Å². The molecule has 1 fully saturated rings. The lowest BCUT2D eigenvalue weighted by atomic mass is 9.83. The summed E-state index contributed by atoms with van der Waals surface area (Å²) < 4.78 is 12.0. The zero-order valence-electron chi connectivity index (χ0n) is 15.0. The van der Waals surface area contributed by atoms with E-state index in [1.165, 1.54) is 11.9 Å². The first-order valence-corrected chi connectivity index (χ1v) is 11.5. The predicted octanol–water partition coefficient (Wildman–Crippen LogP) is 4.77. The van der Waals surface area contributed by atoms with Crippen LogP contribution in [-0.4, -0.2) is 25.5 Å². The van der Waals surface area contributed by atoms with Gasteiger partial charge in [-0.05, 0) is 30.9 Å². The van der Waals surface area contributed by atoms with Gasteiger partial charge in [0.15, 0.2) is 0 Å². The molecule has 2 aromatic heterocycles. The number of anilines is 1. The SMILES string of the molecule is Cc1ccc(-c2cc3c(NC(CC4CCC4)P(=O)(O)O)ncnc3s2)cc1. The number of thiophene rings is 1. The molecule has 0 amide bonds. The van der Waals surface area contributed by atoms with E-state index in [4.69, 9.17) is 0 Å². The minimum atomic E-state index is -4.28. The molecule has 8 heteroatoms. The Morgan fingerprint density at radius 2 is 2.00 bits per heavy atom. The van der Waals surface area contributed by atoms with Gasteiger partial charge < -0.3 is 15.1 Å². The average molecular weight is 403 g/mol. The molecule has 0 aliphatic heterocycles. The van der Waals surface area contributed by atoms with Crippen molar-refractivity contribution in [2.24, 2.45) is 5.92 Å². The lowest BCUT2D eigenvalue weighted by molar-refractivity contribution is 0.279. The summed E-state index contributed by atoms with van der Waals surface area (Å²) in [6.07, 6.45) is 5.12. The second kappa shape index (κ2) is 7.32. The van der Waals surface area contributed by atoms with Crippen molar-refractivity contribution in [1.29, 1.82) is 0 Å². The smallest absolute Gasteiger partial charge is 0.347 e. The molecule has 1 aliphatic rings. The van der Waals surface area contributed by atoms with Crippen molar-refractivity contribution in [3.63, 3.8) is 0 Å². The summed E-state index contributed by atoms with van der Waals surface area (Å²) in [5.41, 5.74) is 2.29. The Balaban J connectivity index is 1.66. The summed E-state index contributed by atoms with van der Waals surface area (Å²) >= 11 is 1.55. The van der Waals surface area contributed by atoms with Crippen molar-refractivity contribution in [2.45, 2.75) is 38.4 Å². The largest absolute Gasteiger partial charge is 0.356 e. The van der Waals surface area contributed by atoms with Crippen molar-refractivity contribution in [2.75, 3.05) is 5.32 Å². The molecular weight excluding hydrogens is 381 g/mol. The van der Waals surface area contributed by atoms with Gasteiger partial charge in [-0.3, -0.25) is 4.57 Å². The van der Waals surface area contributed by atoms with Crippen LogP contribution in [0.15, 0.2) is 36.7 Å². The normalized spacial score (nSPS) is 16.3. The highest BCUT2D eigenvalue weighted by atomic mass is 32.1. The van der Waals surface area contributed by atoms with Crippen LogP contribution in [0, 0.1) is 12.8 Å². The van der Waals surface area contributed by atoms with Gasteiger partial charge in [-0.2, -0.15) is 0 Å². The highest BCUT2D eigenvalue weighted by Gasteiger charge is 2.34. The number of rotatable bonds is 6. The van der Waals surface area contributed by atoms with Crippen LogP contribution in [-0.2, 0) is 4.57 Å². The van der Waals surface area contributed by atoms with Gasteiger partial charge in [0, 0.05) is 4.88 Å². The quantitative estimate of drug-likeness (QED) is 0.513. The van der Waals surface area contributed by atoms with Gasteiger partial charge in [0.1, 0.15) is 22.8 Å². The number of nitrogens with one attached hydrogen (secondary N) is 1. The first-order chi connectivity index (χ1) is 12.9. The summed E-state index contributed by atoms with van der Waals surface area (Å²) in [5, 5.41) is 3.82. The highest BCUT2D eigenvalue weighted by Crippen LogP contribution is 2.47. The predicted molar refractivity (Wildman–Crippen MR) is 109 cm³/mol.